The predicted molar refractivity (Wildman–Crippen MR) is 53.0 cm³/mol. The van der Waals surface area contributed by atoms with E-state index in [4.69, 9.17) is 5.11 Å². The lowest BCUT2D eigenvalue weighted by Crippen LogP contribution is -2.36. The standard InChI is InChI=1S/C9H11N3O3/c13-5-4-11-8(14)9(15)12-7-2-1-3-10-6-7/h1-3,6,13H,4-5H2,(H,11,14)(H,12,15). The molecule has 3 N–H and O–H groups in total. The molecule has 0 bridgehead atoms. The molecule has 6 heteroatoms. The van der Waals surface area contributed by atoms with Crippen LogP contribution >= 0.6 is 0 Å². The largest absolute Gasteiger partial charge is 0.395 e. The molecule has 0 unspecified atom stereocenters. The molecule has 2 amide bonds. The summed E-state index contributed by atoms with van der Waals surface area (Å²) in [7, 11) is 0. The van der Waals surface area contributed by atoms with Crippen molar-refractivity contribution in [3.8, 4) is 0 Å². The van der Waals surface area contributed by atoms with Crippen molar-refractivity contribution in [2.75, 3.05) is 18.5 Å². The maximum atomic E-state index is 11.2. The van der Waals surface area contributed by atoms with Gasteiger partial charge in [0.15, 0.2) is 0 Å². The van der Waals surface area contributed by atoms with Crippen molar-refractivity contribution in [3.63, 3.8) is 0 Å². The molecule has 0 atom stereocenters. The Balaban J connectivity index is 2.45. The SMILES string of the molecule is O=C(NCCO)C(=O)Nc1cccnc1. The van der Waals surface area contributed by atoms with E-state index in [9.17, 15) is 9.59 Å². The van der Waals surface area contributed by atoms with Gasteiger partial charge in [0.1, 0.15) is 0 Å². The summed E-state index contributed by atoms with van der Waals surface area (Å²) >= 11 is 0. The van der Waals surface area contributed by atoms with Crippen LogP contribution in [0.4, 0.5) is 5.69 Å². The van der Waals surface area contributed by atoms with Crippen molar-refractivity contribution in [3.05, 3.63) is 24.5 Å². The summed E-state index contributed by atoms with van der Waals surface area (Å²) in [5, 5.41) is 13.0. The molecule has 0 aromatic carbocycles. The summed E-state index contributed by atoms with van der Waals surface area (Å²) in [6, 6.07) is 3.26. The first-order valence-electron chi connectivity index (χ1n) is 4.34. The molecular weight excluding hydrogens is 198 g/mol. The highest BCUT2D eigenvalue weighted by atomic mass is 16.3. The summed E-state index contributed by atoms with van der Waals surface area (Å²) in [5.41, 5.74) is 0.446. The second-order valence-electron chi connectivity index (χ2n) is 2.68. The summed E-state index contributed by atoms with van der Waals surface area (Å²) in [6.07, 6.45) is 2.98. The van der Waals surface area contributed by atoms with Crippen LogP contribution in [0, 0.1) is 0 Å². The van der Waals surface area contributed by atoms with Crippen molar-refractivity contribution < 1.29 is 14.7 Å². The molecule has 1 rings (SSSR count). The number of anilines is 1. The van der Waals surface area contributed by atoms with E-state index in [1.807, 2.05) is 0 Å². The Kier molecular flexibility index (Phi) is 4.24. The number of aliphatic hydroxyl groups excluding tert-OH is 1. The number of amides is 2. The number of aromatic nitrogens is 1. The Morgan fingerprint density at radius 1 is 1.40 bits per heavy atom. The van der Waals surface area contributed by atoms with Crippen LogP contribution in [0.15, 0.2) is 24.5 Å². The average Bonchev–Trinajstić information content (AvgIpc) is 2.27. The van der Waals surface area contributed by atoms with E-state index in [1.54, 1.807) is 18.3 Å². The normalized spacial score (nSPS) is 9.40. The Hall–Kier alpha value is -1.95. The molecule has 6 nitrogen and oxygen atoms in total. The van der Waals surface area contributed by atoms with Gasteiger partial charge >= 0.3 is 11.8 Å². The number of rotatable bonds is 3. The first kappa shape index (κ1) is 11.1. The molecule has 0 saturated carbocycles. The quantitative estimate of drug-likeness (QED) is 0.564. The van der Waals surface area contributed by atoms with Crippen molar-refractivity contribution in [2.45, 2.75) is 0 Å². The molecule has 0 aliphatic rings. The van der Waals surface area contributed by atoms with Crippen LogP contribution in [0.2, 0.25) is 0 Å². The summed E-state index contributed by atoms with van der Waals surface area (Å²) in [5.74, 6) is -1.57. The highest BCUT2D eigenvalue weighted by molar-refractivity contribution is 6.39. The number of hydrogen-bond donors (Lipinski definition) is 3. The molecule has 15 heavy (non-hydrogen) atoms. The second-order valence-corrected chi connectivity index (χ2v) is 2.68. The molecule has 80 valence electrons. The van der Waals surface area contributed by atoms with Crippen LogP contribution in [0.3, 0.4) is 0 Å². The smallest absolute Gasteiger partial charge is 0.313 e. The highest BCUT2D eigenvalue weighted by Gasteiger charge is 2.12. The minimum Gasteiger partial charge on any atom is -0.395 e. The van der Waals surface area contributed by atoms with E-state index in [0.717, 1.165) is 0 Å². The fraction of sp³-hybridized carbons (Fsp3) is 0.222. The molecular formula is C9H11N3O3. The van der Waals surface area contributed by atoms with E-state index in [0.29, 0.717) is 5.69 Å². The molecule has 0 fully saturated rings. The van der Waals surface area contributed by atoms with E-state index < -0.39 is 11.8 Å². The minimum absolute atomic E-state index is 0.0549. The molecule has 1 aromatic rings. The van der Waals surface area contributed by atoms with Gasteiger partial charge in [-0.2, -0.15) is 0 Å². The Morgan fingerprint density at radius 3 is 2.80 bits per heavy atom. The zero-order chi connectivity index (χ0) is 11.1. The number of nitrogens with one attached hydrogen (secondary N) is 2. The molecule has 0 aliphatic heterocycles. The van der Waals surface area contributed by atoms with Crippen molar-refractivity contribution in [1.29, 1.82) is 0 Å². The maximum Gasteiger partial charge on any atom is 0.313 e. The van der Waals surface area contributed by atoms with Gasteiger partial charge < -0.3 is 15.7 Å². The Labute approximate surface area is 86.3 Å². The third-order valence-electron chi connectivity index (χ3n) is 1.52. The van der Waals surface area contributed by atoms with Crippen LogP contribution in [0.25, 0.3) is 0 Å². The second kappa shape index (κ2) is 5.71. The monoisotopic (exact) mass is 209 g/mol. The van der Waals surface area contributed by atoms with Gasteiger partial charge in [-0.05, 0) is 12.1 Å². The van der Waals surface area contributed by atoms with Crippen LogP contribution < -0.4 is 10.6 Å². The lowest BCUT2D eigenvalue weighted by atomic mass is 10.4. The summed E-state index contributed by atoms with van der Waals surface area (Å²) in [6.45, 7) is -0.148. The van der Waals surface area contributed by atoms with Crippen molar-refractivity contribution in [2.24, 2.45) is 0 Å². The van der Waals surface area contributed by atoms with Gasteiger partial charge in [-0.3, -0.25) is 14.6 Å². The highest BCUT2D eigenvalue weighted by Crippen LogP contribution is 2.01. The molecule has 0 aliphatic carbocycles. The van der Waals surface area contributed by atoms with Gasteiger partial charge in [-0.25, -0.2) is 0 Å². The third kappa shape index (κ3) is 3.74. The number of pyridine rings is 1. The predicted octanol–water partition coefficient (Wildman–Crippen LogP) is -0.871. The average molecular weight is 209 g/mol. The van der Waals surface area contributed by atoms with Crippen LogP contribution in [-0.2, 0) is 9.59 Å². The van der Waals surface area contributed by atoms with Gasteiger partial charge in [-0.15, -0.1) is 0 Å². The van der Waals surface area contributed by atoms with Crippen LogP contribution in [-0.4, -0.2) is 35.1 Å². The van der Waals surface area contributed by atoms with E-state index in [2.05, 4.69) is 15.6 Å². The zero-order valence-electron chi connectivity index (χ0n) is 7.93. The fourth-order valence-corrected chi connectivity index (χ4v) is 0.874. The van der Waals surface area contributed by atoms with Crippen LogP contribution in [0.1, 0.15) is 0 Å². The summed E-state index contributed by atoms with van der Waals surface area (Å²) in [4.78, 5) is 26.0. The fourth-order valence-electron chi connectivity index (χ4n) is 0.874. The number of aliphatic hydroxyl groups is 1. The van der Waals surface area contributed by atoms with Gasteiger partial charge in [0.25, 0.3) is 0 Å². The van der Waals surface area contributed by atoms with Gasteiger partial charge in [0, 0.05) is 12.7 Å². The third-order valence-corrected chi connectivity index (χ3v) is 1.52. The molecule has 1 aromatic heterocycles. The topological polar surface area (TPSA) is 91.3 Å². The Bertz CT molecular complexity index is 340. The number of carbonyl (C=O) groups is 2. The van der Waals surface area contributed by atoms with Gasteiger partial charge in [0.05, 0.1) is 18.5 Å². The van der Waals surface area contributed by atoms with E-state index in [1.165, 1.54) is 6.20 Å². The van der Waals surface area contributed by atoms with Crippen molar-refractivity contribution in [1.82, 2.24) is 10.3 Å². The first-order chi connectivity index (χ1) is 7.24. The number of nitrogens with zero attached hydrogens (tertiary/aromatic N) is 1. The van der Waals surface area contributed by atoms with Crippen molar-refractivity contribution >= 4 is 17.5 Å². The van der Waals surface area contributed by atoms with E-state index in [-0.39, 0.29) is 13.2 Å². The number of carbonyl (C=O) groups excluding carboxylic acids is 2. The zero-order valence-corrected chi connectivity index (χ0v) is 7.93. The van der Waals surface area contributed by atoms with E-state index >= 15 is 0 Å². The molecule has 0 spiro atoms. The lowest BCUT2D eigenvalue weighted by Gasteiger charge is -2.04. The molecule has 1 heterocycles. The molecule has 0 saturated heterocycles. The lowest BCUT2D eigenvalue weighted by molar-refractivity contribution is -0.136. The number of hydrogen-bond acceptors (Lipinski definition) is 4. The molecule has 0 radical (unpaired) electrons. The Morgan fingerprint density at radius 2 is 2.20 bits per heavy atom. The van der Waals surface area contributed by atoms with Gasteiger partial charge in [0.2, 0.25) is 0 Å². The minimum atomic E-state index is -0.784. The van der Waals surface area contributed by atoms with Gasteiger partial charge in [-0.1, -0.05) is 0 Å². The van der Waals surface area contributed by atoms with Crippen LogP contribution in [0.5, 0.6) is 0 Å². The maximum absolute atomic E-state index is 11.2. The summed E-state index contributed by atoms with van der Waals surface area (Å²) < 4.78 is 0. The first-order valence-corrected chi connectivity index (χ1v) is 4.34.